The van der Waals surface area contributed by atoms with E-state index in [0.29, 0.717) is 56.1 Å². The molecule has 11 heteroatoms. The van der Waals surface area contributed by atoms with Crippen molar-refractivity contribution in [1.82, 2.24) is 10.3 Å². The highest BCUT2D eigenvalue weighted by Crippen LogP contribution is 2.57. The smallest absolute Gasteiger partial charge is 0.200 e. The van der Waals surface area contributed by atoms with Crippen LogP contribution >= 0.6 is 0 Å². The van der Waals surface area contributed by atoms with Crippen molar-refractivity contribution in [3.63, 3.8) is 0 Å². The number of rotatable bonds is 20. The fraction of sp³-hybridized carbons (Fsp3) is 0.392. The van der Waals surface area contributed by atoms with E-state index in [1.165, 1.54) is 13.2 Å². The number of ketones is 1. The van der Waals surface area contributed by atoms with E-state index in [4.69, 9.17) is 9.47 Å². The summed E-state index contributed by atoms with van der Waals surface area (Å²) in [6.45, 7) is 5.19. The highest BCUT2D eigenvalue weighted by atomic mass is 16.5. The number of aliphatic hydroxyl groups excluding tert-OH is 1. The Hall–Kier alpha value is -6.07. The second-order valence-electron chi connectivity index (χ2n) is 17.4. The number of aryl methyl sites for hydroxylation is 2. The van der Waals surface area contributed by atoms with Gasteiger partial charge in [0, 0.05) is 36.0 Å². The molecule has 4 atom stereocenters. The minimum atomic E-state index is -1.03. The molecule has 2 heterocycles. The molecule has 328 valence electrons. The van der Waals surface area contributed by atoms with Gasteiger partial charge in [-0.05, 0) is 157 Å². The summed E-state index contributed by atoms with van der Waals surface area (Å²) in [5, 5.41) is 63.3. The summed E-state index contributed by atoms with van der Waals surface area (Å²) < 4.78 is 11.3. The lowest BCUT2D eigenvalue weighted by Crippen LogP contribution is -2.48. The van der Waals surface area contributed by atoms with E-state index in [0.717, 1.165) is 64.8 Å². The molecule has 0 radical (unpaired) electrons. The predicted octanol–water partition coefficient (Wildman–Crippen LogP) is 9.44. The van der Waals surface area contributed by atoms with Gasteiger partial charge in [-0.25, -0.2) is 0 Å². The number of nitrogens with one attached hydrogen (secondary N) is 3. The number of ether oxygens (including phenoxy) is 2. The van der Waals surface area contributed by atoms with Gasteiger partial charge in [-0.2, -0.15) is 0 Å². The molecule has 1 aliphatic carbocycles. The Morgan fingerprint density at radius 3 is 2.50 bits per heavy atom. The minimum Gasteiger partial charge on any atom is -0.508 e. The third kappa shape index (κ3) is 10.2. The number of aromatic nitrogens is 1. The Bertz CT molecular complexity index is 2390. The van der Waals surface area contributed by atoms with E-state index in [2.05, 4.69) is 47.7 Å². The maximum absolute atomic E-state index is 15.3. The Morgan fingerprint density at radius 1 is 0.903 bits per heavy atom. The van der Waals surface area contributed by atoms with Crippen molar-refractivity contribution in [2.75, 3.05) is 25.6 Å². The van der Waals surface area contributed by atoms with Crippen molar-refractivity contribution in [2.45, 2.75) is 84.2 Å². The Labute approximate surface area is 364 Å². The van der Waals surface area contributed by atoms with Crippen LogP contribution in [0.15, 0.2) is 109 Å². The molecule has 1 aromatic heterocycles. The average molecular weight is 844 g/mol. The lowest BCUT2D eigenvalue weighted by atomic mass is 9.58. The topological polar surface area (TPSA) is 177 Å². The molecule has 62 heavy (non-hydrogen) atoms. The van der Waals surface area contributed by atoms with Crippen LogP contribution in [0.3, 0.4) is 0 Å². The standard InChI is InChI=1S/C51H61N3O8/c1-32(2)7-6-24-62-47-27-34(25-45(59)50(47)60)12-19-44(58)49(43(57)18-11-33-10-17-42(56)46(26-33)61-3)51(21-4-8-37(51)30-39-9-5-22-52-39)38-20-23-53-48(31-38)54-40-15-13-36-29-41(55)16-14-35(36)28-40/h5,9-10,13-17,20,22,25-29,31-32,37,43,49,52-57,59-60H,4,6-8,11-12,18-19,21,23-24,30H2,1-3H3/t37-,43+,49+,51-/m0/s1. The van der Waals surface area contributed by atoms with Crippen molar-refractivity contribution in [1.29, 1.82) is 0 Å². The zero-order valence-corrected chi connectivity index (χ0v) is 36.0. The molecule has 0 unspecified atom stereocenters. The summed E-state index contributed by atoms with van der Waals surface area (Å²) in [7, 11) is 1.50. The monoisotopic (exact) mass is 843 g/mol. The van der Waals surface area contributed by atoms with E-state index in [1.54, 1.807) is 30.3 Å². The number of carbonyl (C=O) groups excluding carboxylic acids is 1. The Balaban J connectivity index is 1.24. The van der Waals surface area contributed by atoms with Gasteiger partial charge in [-0.1, -0.05) is 44.5 Å². The number of aromatic amines is 1. The number of fused-ring (bicyclic) bond motifs is 1. The van der Waals surface area contributed by atoms with Crippen LogP contribution in [0, 0.1) is 23.2 Å². The van der Waals surface area contributed by atoms with Gasteiger partial charge in [0.1, 0.15) is 17.4 Å². The van der Waals surface area contributed by atoms with Crippen LogP contribution in [-0.4, -0.2) is 62.7 Å². The molecule has 0 amide bonds. The van der Waals surface area contributed by atoms with E-state index in [1.807, 2.05) is 42.6 Å². The molecule has 0 spiro atoms. The zero-order chi connectivity index (χ0) is 43.8. The number of aliphatic hydroxyl groups is 1. The van der Waals surface area contributed by atoms with Crippen molar-refractivity contribution < 1.29 is 39.8 Å². The average Bonchev–Trinajstić information content (AvgIpc) is 3.94. The molecule has 0 bridgehead atoms. The van der Waals surface area contributed by atoms with Crippen molar-refractivity contribution >= 4 is 22.2 Å². The highest BCUT2D eigenvalue weighted by Gasteiger charge is 2.55. The second kappa shape index (κ2) is 19.8. The largest absolute Gasteiger partial charge is 0.508 e. The normalized spacial score (nSPS) is 18.5. The SMILES string of the molecule is COc1cc(CC[C@@H](O)[C@H](C(=O)CCc2cc(O)c(O)c(OCCCC(C)C)c2)[C@@]2(C3=CCNC(Nc4ccc5cc(O)ccc5c4)=C3)CCC[C@H]2Cc2ccc[nH]2)ccc1O. The second-order valence-corrected chi connectivity index (χ2v) is 17.4. The number of phenolic OH excluding ortho intramolecular Hbond substituents is 4. The van der Waals surface area contributed by atoms with E-state index >= 15 is 4.79 Å². The Morgan fingerprint density at radius 2 is 1.71 bits per heavy atom. The number of anilines is 1. The van der Waals surface area contributed by atoms with Crippen LogP contribution in [-0.2, 0) is 24.1 Å². The van der Waals surface area contributed by atoms with E-state index in [9.17, 15) is 25.5 Å². The fourth-order valence-corrected chi connectivity index (χ4v) is 9.73. The molecular formula is C51H61N3O8. The summed E-state index contributed by atoms with van der Waals surface area (Å²) in [5.74, 6) is 0.577. The first kappa shape index (κ1) is 44.0. The zero-order valence-electron chi connectivity index (χ0n) is 36.0. The Kier molecular flexibility index (Phi) is 14.0. The van der Waals surface area contributed by atoms with E-state index < -0.39 is 17.4 Å². The summed E-state index contributed by atoms with van der Waals surface area (Å²) in [5.41, 5.74) is 3.71. The lowest BCUT2D eigenvalue weighted by molar-refractivity contribution is -0.133. The number of benzene rings is 4. The molecule has 0 saturated heterocycles. The first-order valence-corrected chi connectivity index (χ1v) is 22.0. The quantitative estimate of drug-likeness (QED) is 0.0278. The number of dihydropyridines is 1. The van der Waals surface area contributed by atoms with Gasteiger partial charge in [0.25, 0.3) is 0 Å². The number of hydrogen-bond acceptors (Lipinski definition) is 10. The highest BCUT2D eigenvalue weighted by molar-refractivity contribution is 5.87. The predicted molar refractivity (Wildman–Crippen MR) is 243 cm³/mol. The van der Waals surface area contributed by atoms with Crippen molar-refractivity contribution in [3.8, 4) is 34.5 Å². The molecule has 11 nitrogen and oxygen atoms in total. The van der Waals surface area contributed by atoms with Gasteiger partial charge in [0.2, 0.25) is 5.75 Å². The van der Waals surface area contributed by atoms with Crippen molar-refractivity contribution in [2.24, 2.45) is 23.2 Å². The number of Topliss-reactive ketones (excluding diaryl/α,β-unsaturated/α-hetero) is 1. The number of H-pyrrole nitrogens is 1. The summed E-state index contributed by atoms with van der Waals surface area (Å²) in [4.78, 5) is 18.7. The summed E-state index contributed by atoms with van der Waals surface area (Å²) in [6, 6.07) is 23.7. The van der Waals surface area contributed by atoms with Gasteiger partial charge >= 0.3 is 0 Å². The molecule has 4 aromatic carbocycles. The number of phenols is 4. The van der Waals surface area contributed by atoms with Gasteiger partial charge in [0.15, 0.2) is 23.0 Å². The fourth-order valence-electron chi connectivity index (χ4n) is 9.73. The summed E-state index contributed by atoms with van der Waals surface area (Å²) in [6.07, 6.45) is 11.2. The van der Waals surface area contributed by atoms with Crippen LogP contribution in [0.1, 0.15) is 75.6 Å². The first-order valence-electron chi connectivity index (χ1n) is 22.0. The van der Waals surface area contributed by atoms with Gasteiger partial charge < -0.3 is 50.6 Å². The van der Waals surface area contributed by atoms with Crippen LogP contribution in [0.2, 0.25) is 0 Å². The third-order valence-corrected chi connectivity index (χ3v) is 12.8. The molecule has 1 fully saturated rings. The van der Waals surface area contributed by atoms with Gasteiger partial charge in [0.05, 0.1) is 25.7 Å². The van der Waals surface area contributed by atoms with Crippen molar-refractivity contribution in [3.05, 3.63) is 125 Å². The number of hydrogen-bond donors (Lipinski definition) is 8. The third-order valence-electron chi connectivity index (χ3n) is 12.8. The molecule has 8 N–H and O–H groups in total. The van der Waals surface area contributed by atoms with Crippen LogP contribution < -0.4 is 20.1 Å². The maximum atomic E-state index is 15.3. The number of aromatic hydroxyl groups is 4. The minimum absolute atomic E-state index is 0.0114. The van der Waals surface area contributed by atoms with Crippen LogP contribution in [0.5, 0.6) is 34.5 Å². The summed E-state index contributed by atoms with van der Waals surface area (Å²) >= 11 is 0. The first-order chi connectivity index (χ1) is 29.9. The molecule has 2 aliphatic rings. The van der Waals surface area contributed by atoms with Crippen LogP contribution in [0.25, 0.3) is 10.8 Å². The van der Waals surface area contributed by atoms with Gasteiger partial charge in [-0.15, -0.1) is 0 Å². The molecule has 5 aromatic rings. The maximum Gasteiger partial charge on any atom is 0.200 e. The van der Waals surface area contributed by atoms with Gasteiger partial charge in [-0.3, -0.25) is 4.79 Å². The molecule has 1 aliphatic heterocycles. The van der Waals surface area contributed by atoms with E-state index in [-0.39, 0.29) is 53.3 Å². The number of methoxy groups -OCH3 is 1. The molecular weight excluding hydrogens is 783 g/mol. The number of carbonyl (C=O) groups is 1. The molecule has 7 rings (SSSR count). The number of allylic oxidation sites excluding steroid dienone is 2. The van der Waals surface area contributed by atoms with Crippen LogP contribution in [0.4, 0.5) is 5.69 Å². The lowest BCUT2D eigenvalue weighted by Gasteiger charge is -2.46. The molecule has 1 saturated carbocycles.